The van der Waals surface area contributed by atoms with Crippen LogP contribution in [0.3, 0.4) is 0 Å². The molecule has 8 heteroatoms. The Hall–Kier alpha value is -3.29. The van der Waals surface area contributed by atoms with Crippen molar-refractivity contribution in [1.82, 2.24) is 14.8 Å². The van der Waals surface area contributed by atoms with Gasteiger partial charge in [0.05, 0.1) is 6.26 Å². The van der Waals surface area contributed by atoms with E-state index in [2.05, 4.69) is 4.98 Å². The lowest BCUT2D eigenvalue weighted by atomic mass is 10.1. The van der Waals surface area contributed by atoms with E-state index in [0.29, 0.717) is 38.0 Å². The second-order valence-corrected chi connectivity index (χ2v) is 7.41. The van der Waals surface area contributed by atoms with Crippen LogP contribution in [-0.4, -0.2) is 65.4 Å². The van der Waals surface area contributed by atoms with Crippen LogP contribution in [0.5, 0.6) is 0 Å². The van der Waals surface area contributed by atoms with Crippen molar-refractivity contribution >= 4 is 28.9 Å². The zero-order chi connectivity index (χ0) is 19.8. The smallest absolute Gasteiger partial charge is 0.299 e. The minimum absolute atomic E-state index is 0.0786. The average molecular weight is 394 g/mol. The van der Waals surface area contributed by atoms with E-state index in [1.54, 1.807) is 17.0 Å². The molecular formula is C21H22N4O4. The van der Waals surface area contributed by atoms with E-state index >= 15 is 0 Å². The first-order valence-corrected chi connectivity index (χ1v) is 9.94. The maximum absolute atomic E-state index is 13.2. The van der Waals surface area contributed by atoms with Gasteiger partial charge >= 0.3 is 0 Å². The summed E-state index contributed by atoms with van der Waals surface area (Å²) >= 11 is 0. The summed E-state index contributed by atoms with van der Waals surface area (Å²) in [6, 6.07) is 11.2. The highest BCUT2D eigenvalue weighted by atomic mass is 16.4. The Balaban J connectivity index is 1.26. The Morgan fingerprint density at radius 3 is 2.52 bits per heavy atom. The molecule has 0 radical (unpaired) electrons. The number of benzene rings is 1. The molecule has 2 aliphatic heterocycles. The molecule has 2 aliphatic rings. The second-order valence-electron chi connectivity index (χ2n) is 7.41. The summed E-state index contributed by atoms with van der Waals surface area (Å²) in [6.07, 6.45) is 3.20. The lowest BCUT2D eigenvalue weighted by molar-refractivity contribution is -0.133. The summed E-state index contributed by atoms with van der Waals surface area (Å²) in [7, 11) is 0. The van der Waals surface area contributed by atoms with E-state index in [0.717, 1.165) is 30.5 Å². The molecule has 0 unspecified atom stereocenters. The highest BCUT2D eigenvalue weighted by Gasteiger charge is 2.37. The Labute approximate surface area is 167 Å². The van der Waals surface area contributed by atoms with E-state index in [1.807, 2.05) is 34.1 Å². The number of anilines is 1. The van der Waals surface area contributed by atoms with E-state index in [-0.39, 0.29) is 17.9 Å². The molecule has 0 N–H and O–H groups in total. The maximum Gasteiger partial charge on any atom is 0.299 e. The van der Waals surface area contributed by atoms with Gasteiger partial charge in [0.1, 0.15) is 11.6 Å². The Morgan fingerprint density at radius 2 is 1.76 bits per heavy atom. The minimum Gasteiger partial charge on any atom is -0.459 e. The molecule has 150 valence electrons. The summed E-state index contributed by atoms with van der Waals surface area (Å²) in [5, 5.41) is 0. The minimum atomic E-state index is -0.268. The predicted octanol–water partition coefficient (Wildman–Crippen LogP) is 2.37. The number of furan rings is 1. The van der Waals surface area contributed by atoms with Crippen molar-refractivity contribution in [3.8, 4) is 0 Å². The lowest BCUT2D eigenvalue weighted by Gasteiger charge is -2.36. The number of rotatable bonds is 3. The van der Waals surface area contributed by atoms with Crippen LogP contribution in [0, 0.1) is 0 Å². The third-order valence-corrected chi connectivity index (χ3v) is 5.68. The van der Waals surface area contributed by atoms with Gasteiger partial charge in [0.15, 0.2) is 11.3 Å². The standard InChI is InChI=1S/C21H22N4O4/c26-19(23-10-12-24(13-11-23)20(27)18-8-4-14-28-18)16-6-3-9-25(16)21-22-15-5-1-2-7-17(15)29-21/h1-2,4-5,7-8,14,16H,3,6,9-13H2/t16-/m0/s1. The number of carbonyl (C=O) groups excluding carboxylic acids is 2. The molecule has 2 amide bonds. The van der Waals surface area contributed by atoms with E-state index in [4.69, 9.17) is 8.83 Å². The number of hydrogen-bond donors (Lipinski definition) is 0. The van der Waals surface area contributed by atoms with Crippen LogP contribution in [0.1, 0.15) is 23.4 Å². The first-order chi connectivity index (χ1) is 14.2. The molecule has 1 aromatic carbocycles. The summed E-state index contributed by atoms with van der Waals surface area (Å²) in [5.74, 6) is 0.286. The fourth-order valence-corrected chi connectivity index (χ4v) is 4.13. The van der Waals surface area contributed by atoms with Gasteiger partial charge in [-0.15, -0.1) is 0 Å². The van der Waals surface area contributed by atoms with Gasteiger partial charge in [0.2, 0.25) is 5.91 Å². The van der Waals surface area contributed by atoms with Crippen LogP contribution in [0.25, 0.3) is 11.1 Å². The van der Waals surface area contributed by atoms with Gasteiger partial charge < -0.3 is 23.5 Å². The molecule has 4 heterocycles. The quantitative estimate of drug-likeness (QED) is 0.678. The zero-order valence-corrected chi connectivity index (χ0v) is 16.0. The fourth-order valence-electron chi connectivity index (χ4n) is 4.13. The second kappa shape index (κ2) is 7.27. The average Bonchev–Trinajstić information content (AvgIpc) is 3.52. The van der Waals surface area contributed by atoms with Gasteiger partial charge in [-0.2, -0.15) is 4.98 Å². The number of nitrogens with zero attached hydrogens (tertiary/aromatic N) is 4. The molecule has 29 heavy (non-hydrogen) atoms. The molecule has 2 saturated heterocycles. The molecule has 0 saturated carbocycles. The summed E-state index contributed by atoms with van der Waals surface area (Å²) < 4.78 is 11.1. The first-order valence-electron chi connectivity index (χ1n) is 9.94. The monoisotopic (exact) mass is 394 g/mol. The SMILES string of the molecule is O=C(c1ccco1)N1CCN(C(=O)[C@@H]2CCCN2c2nc3ccccc3o2)CC1. The summed E-state index contributed by atoms with van der Waals surface area (Å²) in [6.45, 7) is 2.79. The largest absolute Gasteiger partial charge is 0.459 e. The van der Waals surface area contributed by atoms with E-state index < -0.39 is 0 Å². The maximum atomic E-state index is 13.2. The van der Waals surface area contributed by atoms with Crippen molar-refractivity contribution in [2.75, 3.05) is 37.6 Å². The molecule has 0 bridgehead atoms. The van der Waals surface area contributed by atoms with Crippen molar-refractivity contribution in [3.63, 3.8) is 0 Å². The number of carbonyl (C=O) groups is 2. The number of oxazole rings is 1. The normalized spacial score (nSPS) is 19.9. The molecule has 2 fully saturated rings. The molecule has 8 nitrogen and oxygen atoms in total. The number of aromatic nitrogens is 1. The van der Waals surface area contributed by atoms with Crippen LogP contribution in [-0.2, 0) is 4.79 Å². The lowest BCUT2D eigenvalue weighted by Crippen LogP contribution is -2.54. The molecule has 3 aromatic rings. The number of piperazine rings is 1. The van der Waals surface area contributed by atoms with Crippen LogP contribution in [0.2, 0.25) is 0 Å². The van der Waals surface area contributed by atoms with Crippen LogP contribution in [0.15, 0.2) is 51.5 Å². The van der Waals surface area contributed by atoms with Gasteiger partial charge in [-0.25, -0.2) is 0 Å². The highest BCUT2D eigenvalue weighted by molar-refractivity contribution is 5.92. The van der Waals surface area contributed by atoms with Crippen LogP contribution >= 0.6 is 0 Å². The van der Waals surface area contributed by atoms with Crippen LogP contribution in [0.4, 0.5) is 6.01 Å². The molecule has 5 rings (SSSR count). The predicted molar refractivity (Wildman–Crippen MR) is 106 cm³/mol. The topological polar surface area (TPSA) is 83.0 Å². The molecule has 2 aromatic heterocycles. The Kier molecular flexibility index (Phi) is 4.46. The Morgan fingerprint density at radius 1 is 0.966 bits per heavy atom. The van der Waals surface area contributed by atoms with Gasteiger partial charge in [-0.05, 0) is 37.1 Å². The number of hydrogen-bond acceptors (Lipinski definition) is 6. The number of para-hydroxylation sites is 2. The highest BCUT2D eigenvalue weighted by Crippen LogP contribution is 2.29. The molecular weight excluding hydrogens is 372 g/mol. The van der Waals surface area contributed by atoms with Crippen molar-refractivity contribution in [1.29, 1.82) is 0 Å². The number of amides is 2. The van der Waals surface area contributed by atoms with E-state index in [9.17, 15) is 9.59 Å². The Bertz CT molecular complexity index is 987. The molecule has 0 aliphatic carbocycles. The van der Waals surface area contributed by atoms with Gasteiger partial charge in [0.25, 0.3) is 11.9 Å². The van der Waals surface area contributed by atoms with Gasteiger partial charge in [0, 0.05) is 32.7 Å². The van der Waals surface area contributed by atoms with Gasteiger partial charge in [-0.3, -0.25) is 9.59 Å². The van der Waals surface area contributed by atoms with Crippen molar-refractivity contribution in [3.05, 3.63) is 48.4 Å². The number of fused-ring (bicyclic) bond motifs is 1. The van der Waals surface area contributed by atoms with Gasteiger partial charge in [-0.1, -0.05) is 12.1 Å². The van der Waals surface area contributed by atoms with Crippen LogP contribution < -0.4 is 4.90 Å². The fraction of sp³-hybridized carbons (Fsp3) is 0.381. The van der Waals surface area contributed by atoms with Crippen molar-refractivity contribution in [2.24, 2.45) is 0 Å². The van der Waals surface area contributed by atoms with E-state index in [1.165, 1.54) is 6.26 Å². The summed E-state index contributed by atoms with van der Waals surface area (Å²) in [5.41, 5.74) is 1.52. The summed E-state index contributed by atoms with van der Waals surface area (Å²) in [4.78, 5) is 35.7. The first kappa shape index (κ1) is 17.8. The van der Waals surface area contributed by atoms with Crippen molar-refractivity contribution < 1.29 is 18.4 Å². The third-order valence-electron chi connectivity index (χ3n) is 5.68. The molecule has 0 spiro atoms. The molecule has 1 atom stereocenters. The third kappa shape index (κ3) is 3.24. The van der Waals surface area contributed by atoms with Crippen molar-refractivity contribution in [2.45, 2.75) is 18.9 Å². The zero-order valence-electron chi connectivity index (χ0n) is 16.0.